The Hall–Kier alpha value is -2.49. The second-order valence-electron chi connectivity index (χ2n) is 7.13. The lowest BCUT2D eigenvalue weighted by Gasteiger charge is -2.42. The van der Waals surface area contributed by atoms with E-state index < -0.39 is 0 Å². The Morgan fingerprint density at radius 3 is 2.84 bits per heavy atom. The van der Waals surface area contributed by atoms with E-state index in [0.717, 1.165) is 30.0 Å². The number of rotatable bonds is 3. The summed E-state index contributed by atoms with van der Waals surface area (Å²) in [5.74, 6) is 2.15. The number of hydrogen-bond acceptors (Lipinski definition) is 3. The predicted octanol–water partition coefficient (Wildman–Crippen LogP) is 3.75. The molecule has 0 bridgehead atoms. The zero-order valence-electron chi connectivity index (χ0n) is 14.7. The maximum atomic E-state index is 11.9. The molecule has 4 heteroatoms. The van der Waals surface area contributed by atoms with Crippen LogP contribution in [0.25, 0.3) is 0 Å². The summed E-state index contributed by atoms with van der Waals surface area (Å²) in [6.45, 7) is 5.65. The Morgan fingerprint density at radius 1 is 1.28 bits per heavy atom. The molecule has 0 N–H and O–H groups in total. The first kappa shape index (κ1) is 16.0. The van der Waals surface area contributed by atoms with Crippen molar-refractivity contribution in [1.29, 1.82) is 0 Å². The van der Waals surface area contributed by atoms with Gasteiger partial charge in [0.15, 0.2) is 0 Å². The van der Waals surface area contributed by atoms with E-state index in [9.17, 15) is 4.79 Å². The molecule has 2 aromatic rings. The second-order valence-corrected chi connectivity index (χ2v) is 7.13. The van der Waals surface area contributed by atoms with E-state index in [-0.39, 0.29) is 11.4 Å². The molecule has 1 saturated heterocycles. The highest BCUT2D eigenvalue weighted by molar-refractivity contribution is 5.75. The second kappa shape index (κ2) is 6.10. The summed E-state index contributed by atoms with van der Waals surface area (Å²) < 4.78 is 11.9. The molecule has 2 heterocycles. The van der Waals surface area contributed by atoms with Gasteiger partial charge in [0.25, 0.3) is 0 Å². The number of amides is 1. The first-order valence-corrected chi connectivity index (χ1v) is 8.79. The highest BCUT2D eigenvalue weighted by atomic mass is 16.5. The van der Waals surface area contributed by atoms with Crippen molar-refractivity contribution in [2.75, 3.05) is 13.2 Å². The first-order valence-electron chi connectivity index (χ1n) is 8.79. The lowest BCUT2D eigenvalue weighted by molar-refractivity contribution is -0.134. The number of benzene rings is 2. The van der Waals surface area contributed by atoms with E-state index in [1.165, 1.54) is 5.56 Å². The smallest absolute Gasteiger partial charge is 0.220 e. The SMILES string of the molecule is CC(=O)N1CC[C@H]2c3ccc(OCc4ccccc4)cc3OC[C@]21C. The van der Waals surface area contributed by atoms with Crippen LogP contribution in [0.3, 0.4) is 0 Å². The number of carbonyl (C=O) groups excluding carboxylic acids is 1. The third-order valence-corrected chi connectivity index (χ3v) is 5.52. The van der Waals surface area contributed by atoms with Crippen molar-refractivity contribution in [1.82, 2.24) is 4.90 Å². The third-order valence-electron chi connectivity index (χ3n) is 5.52. The molecule has 4 rings (SSSR count). The number of fused-ring (bicyclic) bond motifs is 3. The van der Waals surface area contributed by atoms with Crippen LogP contribution >= 0.6 is 0 Å². The Morgan fingerprint density at radius 2 is 2.08 bits per heavy atom. The van der Waals surface area contributed by atoms with Gasteiger partial charge >= 0.3 is 0 Å². The van der Waals surface area contributed by atoms with Gasteiger partial charge in [-0.3, -0.25) is 4.79 Å². The summed E-state index contributed by atoms with van der Waals surface area (Å²) in [6.07, 6.45) is 0.983. The van der Waals surface area contributed by atoms with Gasteiger partial charge < -0.3 is 14.4 Å². The fourth-order valence-electron chi connectivity index (χ4n) is 4.18. The van der Waals surface area contributed by atoms with E-state index in [1.807, 2.05) is 35.2 Å². The molecule has 0 aliphatic carbocycles. The molecule has 2 aliphatic heterocycles. The van der Waals surface area contributed by atoms with Gasteiger partial charge in [-0.25, -0.2) is 0 Å². The molecule has 2 aliphatic rings. The van der Waals surface area contributed by atoms with Gasteiger partial charge in [-0.15, -0.1) is 0 Å². The summed E-state index contributed by atoms with van der Waals surface area (Å²) in [6, 6.07) is 16.2. The Bertz CT molecular complexity index is 789. The lowest BCUT2D eigenvalue weighted by atomic mass is 9.79. The van der Waals surface area contributed by atoms with Gasteiger partial charge in [0.1, 0.15) is 24.7 Å². The Kier molecular flexibility index (Phi) is 3.91. The van der Waals surface area contributed by atoms with Gasteiger partial charge in [-0.2, -0.15) is 0 Å². The average molecular weight is 337 g/mol. The van der Waals surface area contributed by atoms with Gasteiger partial charge in [0, 0.05) is 31.0 Å². The van der Waals surface area contributed by atoms with E-state index in [2.05, 4.69) is 25.1 Å². The number of ether oxygens (including phenoxy) is 2. The normalized spacial score (nSPS) is 24.2. The van der Waals surface area contributed by atoms with E-state index >= 15 is 0 Å². The van der Waals surface area contributed by atoms with Crippen LogP contribution in [0.15, 0.2) is 48.5 Å². The molecular weight excluding hydrogens is 314 g/mol. The van der Waals surface area contributed by atoms with E-state index in [4.69, 9.17) is 9.47 Å². The highest BCUT2D eigenvalue weighted by Crippen LogP contribution is 2.49. The minimum atomic E-state index is -0.245. The molecule has 0 unspecified atom stereocenters. The van der Waals surface area contributed by atoms with Gasteiger partial charge in [0.2, 0.25) is 5.91 Å². The van der Waals surface area contributed by atoms with Crippen LogP contribution in [0.2, 0.25) is 0 Å². The quantitative estimate of drug-likeness (QED) is 0.856. The fraction of sp³-hybridized carbons (Fsp3) is 0.381. The average Bonchev–Trinajstić information content (AvgIpc) is 2.98. The van der Waals surface area contributed by atoms with Crippen LogP contribution in [0.1, 0.15) is 37.3 Å². The van der Waals surface area contributed by atoms with Crippen LogP contribution in [0.5, 0.6) is 11.5 Å². The van der Waals surface area contributed by atoms with Crippen LogP contribution in [0, 0.1) is 0 Å². The van der Waals surface area contributed by atoms with Gasteiger partial charge in [0.05, 0.1) is 5.54 Å². The standard InChI is InChI=1S/C21H23NO3/c1-15(23)22-11-10-19-18-9-8-17(12-20(18)25-14-21(19,22)2)24-13-16-6-4-3-5-7-16/h3-9,12,19H,10-11,13-14H2,1-2H3/t19-,21+/m0/s1. The van der Waals surface area contributed by atoms with Crippen molar-refractivity contribution in [2.45, 2.75) is 38.3 Å². The largest absolute Gasteiger partial charge is 0.491 e. The van der Waals surface area contributed by atoms with Crippen molar-refractivity contribution in [3.63, 3.8) is 0 Å². The zero-order valence-corrected chi connectivity index (χ0v) is 14.7. The molecule has 4 nitrogen and oxygen atoms in total. The molecular formula is C21H23NO3. The Labute approximate surface area is 148 Å². The molecule has 0 saturated carbocycles. The molecule has 1 fully saturated rings. The first-order chi connectivity index (χ1) is 12.1. The number of hydrogen-bond donors (Lipinski definition) is 0. The predicted molar refractivity (Wildman–Crippen MR) is 95.9 cm³/mol. The molecule has 0 aromatic heterocycles. The maximum absolute atomic E-state index is 11.9. The van der Waals surface area contributed by atoms with Crippen molar-refractivity contribution >= 4 is 5.91 Å². The summed E-state index contributed by atoms with van der Waals surface area (Å²) in [5, 5.41) is 0. The van der Waals surface area contributed by atoms with E-state index in [1.54, 1.807) is 6.92 Å². The lowest BCUT2D eigenvalue weighted by Crippen LogP contribution is -2.52. The number of likely N-dealkylation sites (tertiary alicyclic amines) is 1. The monoisotopic (exact) mass is 337 g/mol. The van der Waals surface area contributed by atoms with Crippen molar-refractivity contribution in [2.24, 2.45) is 0 Å². The molecule has 2 aromatic carbocycles. The van der Waals surface area contributed by atoms with Gasteiger partial charge in [-0.1, -0.05) is 36.4 Å². The summed E-state index contributed by atoms with van der Waals surface area (Å²) >= 11 is 0. The molecule has 0 radical (unpaired) electrons. The molecule has 0 spiro atoms. The zero-order chi connectivity index (χ0) is 17.4. The topological polar surface area (TPSA) is 38.8 Å². The Balaban J connectivity index is 1.54. The van der Waals surface area contributed by atoms with Crippen LogP contribution in [-0.2, 0) is 11.4 Å². The third kappa shape index (κ3) is 2.76. The molecule has 25 heavy (non-hydrogen) atoms. The van der Waals surface area contributed by atoms with Crippen molar-refractivity contribution < 1.29 is 14.3 Å². The number of carbonyl (C=O) groups is 1. The molecule has 2 atom stereocenters. The maximum Gasteiger partial charge on any atom is 0.220 e. The summed E-state index contributed by atoms with van der Waals surface area (Å²) in [5.41, 5.74) is 2.08. The summed E-state index contributed by atoms with van der Waals surface area (Å²) in [4.78, 5) is 13.9. The highest BCUT2D eigenvalue weighted by Gasteiger charge is 2.50. The molecule has 130 valence electrons. The van der Waals surface area contributed by atoms with Crippen LogP contribution in [0.4, 0.5) is 0 Å². The van der Waals surface area contributed by atoms with Crippen molar-refractivity contribution in [3.05, 3.63) is 59.7 Å². The number of nitrogens with zero attached hydrogens (tertiary/aromatic N) is 1. The fourth-order valence-corrected chi connectivity index (χ4v) is 4.18. The molecule has 1 amide bonds. The van der Waals surface area contributed by atoms with E-state index in [0.29, 0.717) is 19.1 Å². The van der Waals surface area contributed by atoms with Crippen LogP contribution < -0.4 is 9.47 Å². The minimum absolute atomic E-state index is 0.125. The van der Waals surface area contributed by atoms with Crippen molar-refractivity contribution in [3.8, 4) is 11.5 Å². The van der Waals surface area contributed by atoms with Crippen LogP contribution in [-0.4, -0.2) is 29.5 Å². The van der Waals surface area contributed by atoms with Gasteiger partial charge in [-0.05, 0) is 25.0 Å². The summed E-state index contributed by atoms with van der Waals surface area (Å²) in [7, 11) is 0. The minimum Gasteiger partial charge on any atom is -0.491 e.